The molecule has 98 valence electrons. The highest BCUT2D eigenvalue weighted by atomic mass is 16.3. The van der Waals surface area contributed by atoms with E-state index in [2.05, 4.69) is 10.4 Å². The zero-order valence-electron chi connectivity index (χ0n) is 10.2. The van der Waals surface area contributed by atoms with Crippen LogP contribution >= 0.6 is 0 Å². The van der Waals surface area contributed by atoms with Crippen molar-refractivity contribution in [3.05, 3.63) is 40.9 Å². The summed E-state index contributed by atoms with van der Waals surface area (Å²) in [6.45, 7) is -0.0656. The lowest BCUT2D eigenvalue weighted by molar-refractivity contribution is -0.122. The Labute approximate surface area is 109 Å². The van der Waals surface area contributed by atoms with Crippen LogP contribution in [0.1, 0.15) is 12.8 Å². The van der Waals surface area contributed by atoms with Crippen molar-refractivity contribution in [2.24, 2.45) is 0 Å². The third-order valence-corrected chi connectivity index (χ3v) is 2.88. The first-order chi connectivity index (χ1) is 9.22. The summed E-state index contributed by atoms with van der Waals surface area (Å²) < 4.78 is 6.36. The van der Waals surface area contributed by atoms with Crippen LogP contribution in [-0.2, 0) is 11.3 Å². The molecule has 19 heavy (non-hydrogen) atoms. The van der Waals surface area contributed by atoms with Crippen molar-refractivity contribution in [2.75, 3.05) is 0 Å². The Hall–Kier alpha value is -2.37. The zero-order chi connectivity index (χ0) is 13.2. The van der Waals surface area contributed by atoms with Crippen molar-refractivity contribution in [3.63, 3.8) is 0 Å². The summed E-state index contributed by atoms with van der Waals surface area (Å²) >= 11 is 0. The number of furan rings is 1. The van der Waals surface area contributed by atoms with Crippen molar-refractivity contribution < 1.29 is 9.21 Å². The number of hydrogen-bond acceptors (Lipinski definition) is 4. The minimum atomic E-state index is -0.304. The van der Waals surface area contributed by atoms with E-state index in [4.69, 9.17) is 4.42 Å². The normalized spacial score (nSPS) is 14.3. The minimum Gasteiger partial charge on any atom is -0.463 e. The van der Waals surface area contributed by atoms with Crippen LogP contribution in [0, 0.1) is 0 Å². The highest BCUT2D eigenvalue weighted by Crippen LogP contribution is 2.18. The molecule has 0 bridgehead atoms. The Kier molecular flexibility index (Phi) is 2.91. The lowest BCUT2D eigenvalue weighted by Gasteiger charge is -2.06. The maximum absolute atomic E-state index is 11.7. The maximum atomic E-state index is 11.7. The van der Waals surface area contributed by atoms with Gasteiger partial charge < -0.3 is 9.73 Å². The molecule has 0 saturated heterocycles. The third kappa shape index (κ3) is 2.73. The van der Waals surface area contributed by atoms with Gasteiger partial charge in [-0.15, -0.1) is 0 Å². The van der Waals surface area contributed by atoms with Gasteiger partial charge in [0, 0.05) is 12.1 Å². The van der Waals surface area contributed by atoms with Crippen molar-refractivity contribution >= 4 is 5.91 Å². The van der Waals surface area contributed by atoms with Gasteiger partial charge in [0.25, 0.3) is 5.56 Å². The highest BCUT2D eigenvalue weighted by molar-refractivity contribution is 5.76. The number of rotatable bonds is 4. The molecule has 1 fully saturated rings. The van der Waals surface area contributed by atoms with Crippen LogP contribution in [0.4, 0.5) is 0 Å². The van der Waals surface area contributed by atoms with Crippen LogP contribution in [0.2, 0.25) is 0 Å². The van der Waals surface area contributed by atoms with Gasteiger partial charge >= 0.3 is 0 Å². The second-order valence-corrected chi connectivity index (χ2v) is 4.53. The van der Waals surface area contributed by atoms with E-state index in [0.717, 1.165) is 17.5 Å². The monoisotopic (exact) mass is 259 g/mol. The fraction of sp³-hybridized carbons (Fsp3) is 0.308. The van der Waals surface area contributed by atoms with Crippen LogP contribution < -0.4 is 10.9 Å². The highest BCUT2D eigenvalue weighted by Gasteiger charge is 2.23. The smallest absolute Gasteiger partial charge is 0.267 e. The lowest BCUT2D eigenvalue weighted by atomic mass is 10.3. The van der Waals surface area contributed by atoms with Crippen molar-refractivity contribution in [3.8, 4) is 11.5 Å². The summed E-state index contributed by atoms with van der Waals surface area (Å²) in [5.41, 5.74) is 0.227. The molecule has 2 aromatic rings. The van der Waals surface area contributed by atoms with Gasteiger partial charge in [-0.3, -0.25) is 9.59 Å². The molecule has 3 rings (SSSR count). The molecule has 0 aromatic carbocycles. The molecule has 1 aliphatic carbocycles. The number of aromatic nitrogens is 2. The van der Waals surface area contributed by atoms with Gasteiger partial charge in [-0.25, -0.2) is 4.68 Å². The van der Waals surface area contributed by atoms with Crippen LogP contribution in [0.25, 0.3) is 11.5 Å². The molecule has 1 N–H and O–H groups in total. The fourth-order valence-corrected chi connectivity index (χ4v) is 1.75. The molecular formula is C13H13N3O3. The van der Waals surface area contributed by atoms with Crippen molar-refractivity contribution in [2.45, 2.75) is 25.4 Å². The fourth-order valence-electron chi connectivity index (χ4n) is 1.75. The molecule has 6 heteroatoms. The van der Waals surface area contributed by atoms with Gasteiger partial charge in [0.05, 0.1) is 6.26 Å². The Morgan fingerprint density at radius 3 is 2.95 bits per heavy atom. The molecular weight excluding hydrogens is 246 g/mol. The Balaban J connectivity index is 1.81. The number of carbonyl (C=O) groups is 1. The Morgan fingerprint density at radius 2 is 2.26 bits per heavy atom. The zero-order valence-corrected chi connectivity index (χ0v) is 10.2. The van der Waals surface area contributed by atoms with Gasteiger partial charge in [0.2, 0.25) is 5.91 Å². The maximum Gasteiger partial charge on any atom is 0.267 e. The van der Waals surface area contributed by atoms with Crippen LogP contribution in [0.3, 0.4) is 0 Å². The van der Waals surface area contributed by atoms with E-state index in [1.807, 2.05) is 0 Å². The second-order valence-electron chi connectivity index (χ2n) is 4.53. The van der Waals surface area contributed by atoms with Crippen molar-refractivity contribution in [1.82, 2.24) is 15.1 Å². The van der Waals surface area contributed by atoms with E-state index in [0.29, 0.717) is 11.5 Å². The SMILES string of the molecule is O=C(Cn1nc(-c2ccco2)ccc1=O)NC1CC1. The summed E-state index contributed by atoms with van der Waals surface area (Å²) in [6.07, 6.45) is 3.56. The largest absolute Gasteiger partial charge is 0.463 e. The molecule has 2 aromatic heterocycles. The predicted octanol–water partition coefficient (Wildman–Crippen LogP) is 0.782. The summed E-state index contributed by atoms with van der Waals surface area (Å²) in [5.74, 6) is 0.380. The molecule has 2 heterocycles. The molecule has 0 aliphatic heterocycles. The number of carbonyl (C=O) groups excluding carboxylic acids is 1. The average molecular weight is 259 g/mol. The first-order valence-electron chi connectivity index (χ1n) is 6.14. The Morgan fingerprint density at radius 1 is 1.42 bits per heavy atom. The first-order valence-corrected chi connectivity index (χ1v) is 6.14. The van der Waals surface area contributed by atoms with E-state index >= 15 is 0 Å². The van der Waals surface area contributed by atoms with Gasteiger partial charge in [-0.05, 0) is 31.0 Å². The van der Waals surface area contributed by atoms with Gasteiger partial charge in [0.1, 0.15) is 12.2 Å². The van der Waals surface area contributed by atoms with Crippen molar-refractivity contribution in [1.29, 1.82) is 0 Å². The topological polar surface area (TPSA) is 77.1 Å². The number of hydrogen-bond donors (Lipinski definition) is 1. The average Bonchev–Trinajstić information content (AvgIpc) is 3.03. The number of nitrogens with one attached hydrogen (secondary N) is 1. The van der Waals surface area contributed by atoms with E-state index in [1.54, 1.807) is 18.2 Å². The quantitative estimate of drug-likeness (QED) is 0.880. The lowest BCUT2D eigenvalue weighted by Crippen LogP contribution is -2.34. The van der Waals surface area contributed by atoms with E-state index in [-0.39, 0.29) is 24.1 Å². The predicted molar refractivity (Wildman–Crippen MR) is 67.4 cm³/mol. The summed E-state index contributed by atoms with van der Waals surface area (Å²) in [6, 6.07) is 6.73. The van der Waals surface area contributed by atoms with E-state index < -0.39 is 0 Å². The van der Waals surface area contributed by atoms with Gasteiger partial charge in [-0.1, -0.05) is 0 Å². The molecule has 0 spiro atoms. The summed E-state index contributed by atoms with van der Waals surface area (Å²) in [7, 11) is 0. The molecule has 1 amide bonds. The second kappa shape index (κ2) is 4.72. The number of nitrogens with zero attached hydrogens (tertiary/aromatic N) is 2. The molecule has 0 unspecified atom stereocenters. The van der Waals surface area contributed by atoms with E-state index in [1.165, 1.54) is 12.3 Å². The minimum absolute atomic E-state index is 0.0656. The van der Waals surface area contributed by atoms with Crippen LogP contribution in [-0.4, -0.2) is 21.7 Å². The van der Waals surface area contributed by atoms with Crippen LogP contribution in [0.5, 0.6) is 0 Å². The van der Waals surface area contributed by atoms with Gasteiger partial charge in [-0.2, -0.15) is 5.10 Å². The third-order valence-electron chi connectivity index (χ3n) is 2.88. The number of amides is 1. The molecule has 0 atom stereocenters. The Bertz CT molecular complexity index is 641. The van der Waals surface area contributed by atoms with Gasteiger partial charge in [0.15, 0.2) is 5.76 Å². The standard InChI is InChI=1S/C13H13N3O3/c17-12(14-9-3-4-9)8-16-13(18)6-5-10(15-16)11-2-1-7-19-11/h1-2,5-7,9H,3-4,8H2,(H,14,17). The van der Waals surface area contributed by atoms with Crippen LogP contribution in [0.15, 0.2) is 39.7 Å². The van der Waals surface area contributed by atoms with E-state index in [9.17, 15) is 9.59 Å². The molecule has 1 saturated carbocycles. The molecule has 6 nitrogen and oxygen atoms in total. The summed E-state index contributed by atoms with van der Waals surface area (Å²) in [4.78, 5) is 23.3. The first kappa shape index (κ1) is 11.7. The molecule has 0 radical (unpaired) electrons. The molecule has 1 aliphatic rings. The summed E-state index contributed by atoms with van der Waals surface area (Å²) in [5, 5.41) is 6.95.